The molecule has 0 aliphatic rings. The van der Waals surface area contributed by atoms with Crippen molar-refractivity contribution in [2.45, 2.75) is 0 Å². The Hall–Kier alpha value is -1.66. The quantitative estimate of drug-likeness (QED) is 0.110. The number of halogens is 5. The first-order valence-electron chi connectivity index (χ1n) is 8.54. The highest BCUT2D eigenvalue weighted by atomic mass is 36.0. The van der Waals surface area contributed by atoms with Crippen molar-refractivity contribution in [3.05, 3.63) is 77.5 Å². The van der Waals surface area contributed by atoms with Crippen molar-refractivity contribution in [3.8, 4) is 11.5 Å². The predicted octanol–water partition coefficient (Wildman–Crippen LogP) is 7.61. The minimum absolute atomic E-state index is 0. The summed E-state index contributed by atoms with van der Waals surface area (Å²) >= 11 is 19.8. The third-order valence-electron chi connectivity index (χ3n) is 3.88. The first kappa shape index (κ1) is 28.4. The highest BCUT2D eigenvalue weighted by Gasteiger charge is 2.03. The molecule has 0 saturated heterocycles. The molecule has 0 N–H and O–H groups in total. The summed E-state index contributed by atoms with van der Waals surface area (Å²) in [6.45, 7) is 0. The minimum atomic E-state index is -3.22. The molecule has 0 unspecified atom stereocenters. The van der Waals surface area contributed by atoms with Gasteiger partial charge in [0.15, 0.2) is 12.4 Å². The van der Waals surface area contributed by atoms with Crippen molar-refractivity contribution in [3.63, 3.8) is 0 Å². The van der Waals surface area contributed by atoms with Crippen molar-refractivity contribution in [1.29, 1.82) is 0 Å². The molecule has 6 nitrogen and oxygen atoms in total. The summed E-state index contributed by atoms with van der Waals surface area (Å²) in [4.78, 5) is 3.99. The zero-order chi connectivity index (χ0) is 23.0. The van der Waals surface area contributed by atoms with Gasteiger partial charge in [-0.05, 0) is 87.0 Å². The summed E-state index contributed by atoms with van der Waals surface area (Å²) in [6.07, 6.45) is 4.70. The molecule has 0 spiro atoms. The van der Waals surface area contributed by atoms with E-state index in [0.29, 0.717) is 5.15 Å². The van der Waals surface area contributed by atoms with Crippen LogP contribution in [0.25, 0.3) is 21.5 Å². The molecule has 32 heavy (non-hydrogen) atoms. The fraction of sp³-hybridized carbons (Fsp3) is 0.100. The van der Waals surface area contributed by atoms with Crippen LogP contribution < -0.4 is 14.2 Å². The van der Waals surface area contributed by atoms with E-state index in [9.17, 15) is 9.77 Å². The molecular weight excluding hydrogens is 540 g/mol. The van der Waals surface area contributed by atoms with Crippen LogP contribution in [0.5, 0.6) is 11.5 Å². The number of pyridine rings is 2. The highest BCUT2D eigenvalue weighted by molar-refractivity contribution is 8.24. The Labute approximate surface area is 210 Å². The second-order valence-corrected chi connectivity index (χ2v) is 12.9. The van der Waals surface area contributed by atoms with E-state index in [0.717, 1.165) is 37.8 Å². The van der Waals surface area contributed by atoms with Crippen molar-refractivity contribution in [1.82, 2.24) is 4.98 Å². The zero-order valence-electron chi connectivity index (χ0n) is 16.7. The molecule has 2 heterocycles. The molecule has 0 atom stereocenters. The Morgan fingerprint density at radius 3 is 2.06 bits per heavy atom. The standard InChI is InChI=1S/C10H8ClNO.C10H9NO2.Cl3OP.ClH/c1-13-8-2-3-9-7(6-8)4-5-12-10(9)11;1-13-10-3-2-9-7-11(12)5-4-8(9)6-10;1-5(2,3)4;/h2-6H,1H3;2-7H,1H3;;1H. The van der Waals surface area contributed by atoms with E-state index in [1.54, 1.807) is 26.5 Å². The SMILES string of the molecule is COc1ccc2c(Cl)nccc2c1.COc1ccc2c[n+]([O-])ccc2c1.Cl.O=P(Cl)(Cl)Cl. The second kappa shape index (κ2) is 13.1. The van der Waals surface area contributed by atoms with Crippen molar-refractivity contribution < 1.29 is 18.8 Å². The lowest BCUT2D eigenvalue weighted by Crippen LogP contribution is -2.23. The number of aromatic nitrogens is 2. The zero-order valence-corrected chi connectivity index (χ0v) is 21.5. The maximum atomic E-state index is 10.9. The Morgan fingerprint density at radius 2 is 1.47 bits per heavy atom. The molecule has 2 aromatic heterocycles. The Morgan fingerprint density at radius 1 is 0.906 bits per heavy atom. The minimum Gasteiger partial charge on any atom is -0.619 e. The summed E-state index contributed by atoms with van der Waals surface area (Å²) in [5.74, 6) is 1.63. The molecule has 4 aromatic rings. The molecule has 0 saturated carbocycles. The Kier molecular flexibility index (Phi) is 11.7. The summed E-state index contributed by atoms with van der Waals surface area (Å²) in [7, 11) is 3.27. The number of rotatable bonds is 2. The van der Waals surface area contributed by atoms with Gasteiger partial charge in [-0.2, -0.15) is 4.73 Å². The average Bonchev–Trinajstić information content (AvgIpc) is 2.72. The van der Waals surface area contributed by atoms with Gasteiger partial charge in [0.25, 0.3) is 0 Å². The van der Waals surface area contributed by atoms with Crippen LogP contribution >= 0.6 is 62.9 Å². The highest BCUT2D eigenvalue weighted by Crippen LogP contribution is 2.61. The third kappa shape index (κ3) is 9.45. The number of hydrogen-bond acceptors (Lipinski definition) is 5. The normalized spacial score (nSPS) is 10.2. The smallest absolute Gasteiger partial charge is 0.339 e. The molecule has 172 valence electrons. The predicted molar refractivity (Wildman–Crippen MR) is 135 cm³/mol. The van der Waals surface area contributed by atoms with E-state index in [-0.39, 0.29) is 12.4 Å². The summed E-state index contributed by atoms with van der Waals surface area (Å²) in [6, 6.07) is 15.0. The van der Waals surface area contributed by atoms with E-state index in [2.05, 4.69) is 38.7 Å². The molecule has 0 amide bonds. The summed E-state index contributed by atoms with van der Waals surface area (Å²) < 4.78 is 20.5. The lowest BCUT2D eigenvalue weighted by Gasteiger charge is -2.02. The van der Waals surface area contributed by atoms with Crippen LogP contribution in [0.3, 0.4) is 0 Å². The van der Waals surface area contributed by atoms with Gasteiger partial charge in [-0.25, -0.2) is 4.98 Å². The first-order chi connectivity index (χ1) is 14.6. The van der Waals surface area contributed by atoms with Gasteiger partial charge in [-0.1, -0.05) is 11.6 Å². The maximum Gasteiger partial charge on any atom is 0.339 e. The molecule has 0 fully saturated rings. The van der Waals surface area contributed by atoms with Gasteiger partial charge in [0, 0.05) is 23.0 Å². The topological polar surface area (TPSA) is 75.4 Å². The van der Waals surface area contributed by atoms with E-state index in [4.69, 9.17) is 21.1 Å². The maximum absolute atomic E-state index is 10.9. The number of ether oxygens (including phenoxy) is 2. The van der Waals surface area contributed by atoms with Crippen LogP contribution in [-0.2, 0) is 4.57 Å². The first-order valence-corrected chi connectivity index (χ1v) is 13.3. The summed E-state index contributed by atoms with van der Waals surface area (Å²) in [5, 5.41) is 12.1. The molecule has 0 aliphatic heterocycles. The van der Waals surface area contributed by atoms with Crippen LogP contribution in [0.1, 0.15) is 0 Å². The van der Waals surface area contributed by atoms with Crippen molar-refractivity contribution >= 4 is 84.5 Å². The van der Waals surface area contributed by atoms with Gasteiger partial charge in [-0.3, -0.25) is 4.57 Å². The Balaban J connectivity index is 0.000000259. The van der Waals surface area contributed by atoms with Gasteiger partial charge in [0.1, 0.15) is 16.7 Å². The lowest BCUT2D eigenvalue weighted by atomic mass is 10.2. The molecule has 0 aliphatic carbocycles. The Bertz CT molecular complexity index is 1210. The van der Waals surface area contributed by atoms with Gasteiger partial charge < -0.3 is 14.7 Å². The molecule has 2 aromatic carbocycles. The fourth-order valence-electron chi connectivity index (χ4n) is 2.52. The van der Waals surface area contributed by atoms with E-state index < -0.39 is 5.20 Å². The van der Waals surface area contributed by atoms with Gasteiger partial charge >= 0.3 is 5.20 Å². The monoisotopic (exact) mass is 556 g/mol. The molecule has 0 bridgehead atoms. The van der Waals surface area contributed by atoms with Crippen LogP contribution in [0.2, 0.25) is 5.15 Å². The van der Waals surface area contributed by atoms with Crippen molar-refractivity contribution in [2.75, 3.05) is 14.2 Å². The molecular formula is C20H18Cl5N2O4P. The van der Waals surface area contributed by atoms with E-state index in [1.807, 2.05) is 42.5 Å². The van der Waals surface area contributed by atoms with Crippen LogP contribution in [0.4, 0.5) is 0 Å². The average molecular weight is 559 g/mol. The second-order valence-electron chi connectivity index (χ2n) is 5.89. The molecule has 0 radical (unpaired) electrons. The number of nitrogens with zero attached hydrogens (tertiary/aromatic N) is 2. The van der Waals surface area contributed by atoms with Gasteiger partial charge in [0.05, 0.1) is 14.2 Å². The van der Waals surface area contributed by atoms with E-state index in [1.165, 1.54) is 12.4 Å². The summed E-state index contributed by atoms with van der Waals surface area (Å²) in [5.41, 5.74) is 0. The van der Waals surface area contributed by atoms with Crippen LogP contribution in [-0.4, -0.2) is 19.2 Å². The van der Waals surface area contributed by atoms with E-state index >= 15 is 0 Å². The fourth-order valence-corrected chi connectivity index (χ4v) is 2.75. The number of fused-ring (bicyclic) bond motifs is 2. The number of benzene rings is 2. The van der Waals surface area contributed by atoms with Crippen molar-refractivity contribution in [2.24, 2.45) is 0 Å². The molecule has 4 rings (SSSR count). The lowest BCUT2D eigenvalue weighted by molar-refractivity contribution is -0.603. The van der Waals surface area contributed by atoms with Gasteiger partial charge in [-0.15, -0.1) is 12.4 Å². The number of hydrogen-bond donors (Lipinski definition) is 0. The van der Waals surface area contributed by atoms with Gasteiger partial charge in [0.2, 0.25) is 0 Å². The van der Waals surface area contributed by atoms with Crippen LogP contribution in [0.15, 0.2) is 67.1 Å². The largest absolute Gasteiger partial charge is 0.619 e. The third-order valence-corrected chi connectivity index (χ3v) is 4.19. The molecule has 12 heteroatoms. The number of methoxy groups -OCH3 is 2. The van der Waals surface area contributed by atoms with Crippen LogP contribution in [0, 0.1) is 5.21 Å².